The summed E-state index contributed by atoms with van der Waals surface area (Å²) in [6.07, 6.45) is 15.7. The smallest absolute Gasteiger partial charge is 0.0543 e. The summed E-state index contributed by atoms with van der Waals surface area (Å²) in [6, 6.07) is 43.3. The van der Waals surface area contributed by atoms with Gasteiger partial charge in [-0.15, -0.1) is 0 Å². The van der Waals surface area contributed by atoms with Crippen molar-refractivity contribution in [3.63, 3.8) is 0 Å². The molecule has 0 spiro atoms. The first kappa shape index (κ1) is 33.1. The van der Waals surface area contributed by atoms with Gasteiger partial charge in [-0.2, -0.15) is 0 Å². The SMILES string of the molecule is CC1(C)C2=CCCC=C2c2ccc(N(c3ccc4c(c3)C(C)(C)c3ccccc3-4)c3ccc4c(c3-c3cccnc3)Cc3c(-c5cccnc5)cccc3-4)cc21. The van der Waals surface area contributed by atoms with Crippen LogP contribution in [0.3, 0.4) is 0 Å². The summed E-state index contributed by atoms with van der Waals surface area (Å²) >= 11 is 0. The second-order valence-corrected chi connectivity index (χ2v) is 16.9. The van der Waals surface area contributed by atoms with Crippen molar-refractivity contribution < 1.29 is 0 Å². The lowest BCUT2D eigenvalue weighted by atomic mass is 9.80. The quantitative estimate of drug-likeness (QED) is 0.177. The molecule has 0 N–H and O–H groups in total. The molecule has 7 aromatic rings. The average Bonchev–Trinajstić information content (AvgIpc) is 3.81. The van der Waals surface area contributed by atoms with Gasteiger partial charge in [-0.05, 0) is 134 Å². The maximum Gasteiger partial charge on any atom is 0.0543 e. The van der Waals surface area contributed by atoms with Crippen LogP contribution in [0.1, 0.15) is 73.9 Å². The molecule has 0 saturated heterocycles. The Hall–Kier alpha value is -6.32. The van der Waals surface area contributed by atoms with Gasteiger partial charge in [0.2, 0.25) is 0 Å². The number of fused-ring (bicyclic) bond motifs is 9. The molecule has 0 bridgehead atoms. The fourth-order valence-corrected chi connectivity index (χ4v) is 10.4. The Morgan fingerprint density at radius 1 is 0.500 bits per heavy atom. The molecule has 0 unspecified atom stereocenters. The van der Waals surface area contributed by atoms with E-state index >= 15 is 0 Å². The van der Waals surface area contributed by atoms with Gasteiger partial charge in [0.25, 0.3) is 0 Å². The van der Waals surface area contributed by atoms with Gasteiger partial charge in [0.1, 0.15) is 0 Å². The molecule has 5 aromatic carbocycles. The van der Waals surface area contributed by atoms with E-state index in [0.29, 0.717) is 0 Å². The largest absolute Gasteiger partial charge is 0.310 e. The Morgan fingerprint density at radius 3 is 1.89 bits per heavy atom. The van der Waals surface area contributed by atoms with Gasteiger partial charge in [0.05, 0.1) is 5.69 Å². The van der Waals surface area contributed by atoms with Gasteiger partial charge >= 0.3 is 0 Å². The van der Waals surface area contributed by atoms with E-state index in [1.165, 1.54) is 83.6 Å². The Bertz CT molecular complexity index is 2820. The monoisotopic (exact) mass is 721 g/mol. The number of aromatic nitrogens is 2. The minimum absolute atomic E-state index is 0.0840. The molecule has 270 valence electrons. The van der Waals surface area contributed by atoms with Crippen LogP contribution >= 0.6 is 0 Å². The molecule has 56 heavy (non-hydrogen) atoms. The highest BCUT2D eigenvalue weighted by atomic mass is 15.1. The van der Waals surface area contributed by atoms with Crippen LogP contribution < -0.4 is 4.90 Å². The number of allylic oxidation sites excluding steroid dienone is 4. The lowest BCUT2D eigenvalue weighted by Gasteiger charge is -2.32. The Morgan fingerprint density at radius 2 is 1.12 bits per heavy atom. The van der Waals surface area contributed by atoms with Gasteiger partial charge in [-0.25, -0.2) is 0 Å². The zero-order chi connectivity index (χ0) is 37.8. The number of anilines is 3. The van der Waals surface area contributed by atoms with E-state index in [1.807, 2.05) is 30.9 Å². The maximum absolute atomic E-state index is 4.70. The summed E-state index contributed by atoms with van der Waals surface area (Å²) in [5.41, 5.74) is 24.4. The highest BCUT2D eigenvalue weighted by Gasteiger charge is 2.40. The molecule has 0 aliphatic heterocycles. The molecule has 0 amide bonds. The number of nitrogens with zero attached hydrogens (tertiary/aromatic N) is 3. The van der Waals surface area contributed by atoms with E-state index in [0.717, 1.165) is 41.8 Å². The molecule has 4 aliphatic rings. The molecule has 2 heterocycles. The summed E-state index contributed by atoms with van der Waals surface area (Å²) < 4.78 is 0. The van der Waals surface area contributed by atoms with E-state index in [2.05, 4.69) is 159 Å². The molecule has 3 heteroatoms. The van der Waals surface area contributed by atoms with Crippen molar-refractivity contribution >= 4 is 22.6 Å². The lowest BCUT2D eigenvalue weighted by Crippen LogP contribution is -2.18. The van der Waals surface area contributed by atoms with Gasteiger partial charge in [-0.3, -0.25) is 9.97 Å². The van der Waals surface area contributed by atoms with Gasteiger partial charge in [-0.1, -0.05) is 113 Å². The Balaban J connectivity index is 1.16. The number of pyridine rings is 2. The molecular weight excluding hydrogens is 679 g/mol. The molecule has 0 fully saturated rings. The van der Waals surface area contributed by atoms with Crippen LogP contribution in [-0.4, -0.2) is 9.97 Å². The minimum atomic E-state index is -0.128. The van der Waals surface area contributed by atoms with Gasteiger partial charge in [0.15, 0.2) is 0 Å². The van der Waals surface area contributed by atoms with Crippen LogP contribution in [0.4, 0.5) is 17.1 Å². The van der Waals surface area contributed by atoms with Crippen molar-refractivity contribution in [2.45, 2.75) is 57.8 Å². The topological polar surface area (TPSA) is 29.0 Å². The van der Waals surface area contributed by atoms with E-state index < -0.39 is 0 Å². The zero-order valence-corrected chi connectivity index (χ0v) is 32.4. The average molecular weight is 722 g/mol. The van der Waals surface area contributed by atoms with Gasteiger partial charge < -0.3 is 4.90 Å². The van der Waals surface area contributed by atoms with Crippen molar-refractivity contribution in [3.05, 3.63) is 191 Å². The van der Waals surface area contributed by atoms with Crippen LogP contribution in [-0.2, 0) is 17.3 Å². The fraction of sp³-hybridized carbons (Fsp3) is 0.170. The molecule has 0 saturated carbocycles. The third-order valence-corrected chi connectivity index (χ3v) is 13.2. The molecule has 0 radical (unpaired) electrons. The maximum atomic E-state index is 4.70. The standard InChI is InChI=1S/C53H43N3/c1-52(2)46-18-7-5-14-40(46)42-22-20-35(28-48(42)52)56(36-21-23-43-41-15-6-8-19-47(41)53(3,4)49(43)29-36)50-25-24-39-38-17-9-16-37(33-12-10-26-54-31-33)44(38)30-45(39)51(50)34-13-11-27-55-32-34/h5,7,9-29,31-32H,6,8,30H2,1-4H3. The van der Waals surface area contributed by atoms with Crippen molar-refractivity contribution in [2.75, 3.05) is 4.90 Å². The first-order chi connectivity index (χ1) is 27.3. The number of hydrogen-bond acceptors (Lipinski definition) is 3. The summed E-state index contributed by atoms with van der Waals surface area (Å²) in [7, 11) is 0. The second-order valence-electron chi connectivity index (χ2n) is 16.9. The van der Waals surface area contributed by atoms with Crippen LogP contribution in [0.25, 0.3) is 50.1 Å². The third kappa shape index (κ3) is 4.70. The normalized spacial score (nSPS) is 16.1. The van der Waals surface area contributed by atoms with Crippen molar-refractivity contribution in [2.24, 2.45) is 0 Å². The van der Waals surface area contributed by atoms with Crippen molar-refractivity contribution in [3.8, 4) is 44.5 Å². The molecule has 0 atom stereocenters. The van der Waals surface area contributed by atoms with E-state index in [4.69, 9.17) is 4.98 Å². The number of hydrogen-bond donors (Lipinski definition) is 0. The molecule has 2 aromatic heterocycles. The molecule has 11 rings (SSSR count). The zero-order valence-electron chi connectivity index (χ0n) is 32.4. The van der Waals surface area contributed by atoms with Crippen molar-refractivity contribution in [1.82, 2.24) is 9.97 Å². The van der Waals surface area contributed by atoms with Gasteiger partial charge in [0, 0.05) is 63.7 Å². The Kier molecular flexibility index (Phi) is 7.14. The van der Waals surface area contributed by atoms with E-state index in [1.54, 1.807) is 0 Å². The molecule has 3 nitrogen and oxygen atoms in total. The predicted octanol–water partition coefficient (Wildman–Crippen LogP) is 13.6. The van der Waals surface area contributed by atoms with Crippen LogP contribution in [0.5, 0.6) is 0 Å². The first-order valence-corrected chi connectivity index (χ1v) is 20.0. The van der Waals surface area contributed by atoms with Crippen LogP contribution in [0, 0.1) is 0 Å². The Labute approximate surface area is 329 Å². The molecular formula is C53H43N3. The molecule has 4 aliphatic carbocycles. The lowest BCUT2D eigenvalue weighted by molar-refractivity contribution is 0.654. The van der Waals surface area contributed by atoms with E-state index in [9.17, 15) is 0 Å². The second kappa shape index (κ2) is 12.1. The summed E-state index contributed by atoms with van der Waals surface area (Å²) in [5.74, 6) is 0. The van der Waals surface area contributed by atoms with Crippen LogP contribution in [0.15, 0.2) is 158 Å². The summed E-state index contributed by atoms with van der Waals surface area (Å²) in [5, 5.41) is 0. The summed E-state index contributed by atoms with van der Waals surface area (Å²) in [6.45, 7) is 9.56. The minimum Gasteiger partial charge on any atom is -0.310 e. The predicted molar refractivity (Wildman–Crippen MR) is 232 cm³/mol. The number of benzene rings is 5. The van der Waals surface area contributed by atoms with Crippen molar-refractivity contribution in [1.29, 1.82) is 0 Å². The fourth-order valence-electron chi connectivity index (χ4n) is 10.4. The third-order valence-electron chi connectivity index (χ3n) is 13.2. The summed E-state index contributed by atoms with van der Waals surface area (Å²) in [4.78, 5) is 11.7. The first-order valence-electron chi connectivity index (χ1n) is 20.0. The highest BCUT2D eigenvalue weighted by Crippen LogP contribution is 2.56. The number of rotatable bonds is 5. The highest BCUT2D eigenvalue weighted by molar-refractivity contribution is 5.99. The van der Waals surface area contributed by atoms with Crippen LogP contribution in [0.2, 0.25) is 0 Å². The van der Waals surface area contributed by atoms with E-state index in [-0.39, 0.29) is 10.8 Å².